The van der Waals surface area contributed by atoms with Crippen LogP contribution in [0.15, 0.2) is 16.5 Å². The van der Waals surface area contributed by atoms with Gasteiger partial charge < -0.3 is 9.15 Å². The van der Waals surface area contributed by atoms with Gasteiger partial charge in [-0.25, -0.2) is 4.79 Å². The number of hydrogen-bond acceptors (Lipinski definition) is 5. The van der Waals surface area contributed by atoms with Crippen LogP contribution in [-0.2, 0) is 4.74 Å². The third-order valence-electron chi connectivity index (χ3n) is 3.60. The fourth-order valence-electron chi connectivity index (χ4n) is 2.31. The zero-order valence-electron chi connectivity index (χ0n) is 11.7. The molecule has 106 valence electrons. The van der Waals surface area contributed by atoms with Gasteiger partial charge in [0.2, 0.25) is 5.76 Å². The average Bonchev–Trinajstić information content (AvgIpc) is 2.95. The third-order valence-corrected chi connectivity index (χ3v) is 4.97. The van der Waals surface area contributed by atoms with Crippen molar-refractivity contribution in [3.8, 4) is 0 Å². The maximum absolute atomic E-state index is 11.4. The van der Waals surface area contributed by atoms with E-state index < -0.39 is 5.97 Å². The van der Waals surface area contributed by atoms with Crippen LogP contribution in [0.4, 0.5) is 0 Å². The van der Waals surface area contributed by atoms with Crippen LogP contribution in [0.1, 0.15) is 42.6 Å². The first-order valence-electron chi connectivity index (χ1n) is 6.69. The molecule has 0 bridgehead atoms. The van der Waals surface area contributed by atoms with E-state index in [1.165, 1.54) is 13.5 Å². The Labute approximate surface area is 118 Å². The van der Waals surface area contributed by atoms with Gasteiger partial charge in [-0.15, -0.1) is 0 Å². The molecule has 0 spiro atoms. The van der Waals surface area contributed by atoms with Gasteiger partial charge in [0, 0.05) is 24.1 Å². The van der Waals surface area contributed by atoms with E-state index in [0.29, 0.717) is 5.25 Å². The smallest absolute Gasteiger partial charge is 0.373 e. The minimum atomic E-state index is -0.418. The Bertz CT molecular complexity index is 432. The second kappa shape index (κ2) is 6.48. The maximum atomic E-state index is 11.4. The average molecular weight is 283 g/mol. The molecule has 0 N–H and O–H groups in total. The molecule has 0 radical (unpaired) electrons. The lowest BCUT2D eigenvalue weighted by Crippen LogP contribution is -2.39. The van der Waals surface area contributed by atoms with E-state index in [9.17, 15) is 4.79 Å². The van der Waals surface area contributed by atoms with Gasteiger partial charge in [-0.3, -0.25) is 4.90 Å². The van der Waals surface area contributed by atoms with E-state index in [1.54, 1.807) is 6.07 Å². The van der Waals surface area contributed by atoms with Crippen molar-refractivity contribution in [1.29, 1.82) is 0 Å². The van der Waals surface area contributed by atoms with Crippen LogP contribution in [0, 0.1) is 0 Å². The van der Waals surface area contributed by atoms with Crippen LogP contribution in [0.2, 0.25) is 0 Å². The molecule has 2 atom stereocenters. The molecule has 0 amide bonds. The topological polar surface area (TPSA) is 42.7 Å². The number of carbonyl (C=O) groups is 1. The van der Waals surface area contributed by atoms with Crippen LogP contribution >= 0.6 is 11.8 Å². The first-order valence-corrected chi connectivity index (χ1v) is 7.74. The molecule has 1 aliphatic heterocycles. The molecule has 0 aromatic carbocycles. The highest BCUT2D eigenvalue weighted by molar-refractivity contribution is 8.00. The number of furan rings is 1. The van der Waals surface area contributed by atoms with Gasteiger partial charge in [0.05, 0.1) is 13.2 Å². The number of carbonyl (C=O) groups excluding carboxylic acids is 1. The molecule has 1 aromatic heterocycles. The van der Waals surface area contributed by atoms with E-state index in [4.69, 9.17) is 4.42 Å². The molecule has 2 heterocycles. The molecule has 19 heavy (non-hydrogen) atoms. The number of ether oxygens (including phenoxy) is 1. The molecular formula is C14H21NO3S. The van der Waals surface area contributed by atoms with E-state index in [1.807, 2.05) is 17.8 Å². The molecule has 1 saturated heterocycles. The monoisotopic (exact) mass is 283 g/mol. The quantitative estimate of drug-likeness (QED) is 0.795. The zero-order chi connectivity index (χ0) is 13.8. The molecule has 4 nitrogen and oxygen atoms in total. The third kappa shape index (κ3) is 3.34. The van der Waals surface area contributed by atoms with Crippen molar-refractivity contribution in [2.45, 2.75) is 31.6 Å². The summed E-state index contributed by atoms with van der Waals surface area (Å²) in [6, 6.07) is 3.76. The maximum Gasteiger partial charge on any atom is 0.373 e. The van der Waals surface area contributed by atoms with E-state index in [0.717, 1.165) is 24.6 Å². The molecule has 0 aliphatic carbocycles. The minimum Gasteiger partial charge on any atom is -0.463 e. The number of methoxy groups -OCH3 is 1. The van der Waals surface area contributed by atoms with Crippen molar-refractivity contribution < 1.29 is 13.9 Å². The van der Waals surface area contributed by atoms with Crippen LogP contribution in [0.3, 0.4) is 0 Å². The summed E-state index contributed by atoms with van der Waals surface area (Å²) in [4.78, 5) is 13.8. The van der Waals surface area contributed by atoms with Crippen LogP contribution in [-0.4, -0.2) is 42.1 Å². The molecule has 5 heteroatoms. The SMILES string of the molecule is CCC1CN(C(C)c2ccc(C(=O)OC)o2)CCS1. The van der Waals surface area contributed by atoms with Crippen molar-refractivity contribution in [3.63, 3.8) is 0 Å². The van der Waals surface area contributed by atoms with Gasteiger partial charge in [-0.1, -0.05) is 6.92 Å². The van der Waals surface area contributed by atoms with Gasteiger partial charge in [0.15, 0.2) is 0 Å². The highest BCUT2D eigenvalue weighted by atomic mass is 32.2. The Morgan fingerprint density at radius 2 is 2.42 bits per heavy atom. The lowest BCUT2D eigenvalue weighted by atomic mass is 10.2. The summed E-state index contributed by atoms with van der Waals surface area (Å²) in [7, 11) is 1.36. The van der Waals surface area contributed by atoms with Crippen LogP contribution in [0.5, 0.6) is 0 Å². The van der Waals surface area contributed by atoms with Crippen LogP contribution < -0.4 is 0 Å². The predicted octanol–water partition coefficient (Wildman–Crippen LogP) is 2.95. The lowest BCUT2D eigenvalue weighted by Gasteiger charge is -2.35. The van der Waals surface area contributed by atoms with Crippen molar-refractivity contribution >= 4 is 17.7 Å². The summed E-state index contributed by atoms with van der Waals surface area (Å²) in [6.45, 7) is 6.50. The number of rotatable bonds is 4. The summed E-state index contributed by atoms with van der Waals surface area (Å²) in [5, 5.41) is 0.700. The first-order chi connectivity index (χ1) is 9.15. The summed E-state index contributed by atoms with van der Waals surface area (Å²) >= 11 is 2.05. The summed E-state index contributed by atoms with van der Waals surface area (Å²) in [5.41, 5.74) is 0. The van der Waals surface area contributed by atoms with Gasteiger partial charge in [-0.2, -0.15) is 11.8 Å². The van der Waals surface area contributed by atoms with Gasteiger partial charge in [0.1, 0.15) is 5.76 Å². The van der Waals surface area contributed by atoms with Gasteiger partial charge >= 0.3 is 5.97 Å². The van der Waals surface area contributed by atoms with Crippen molar-refractivity contribution in [2.75, 3.05) is 26.0 Å². The fourth-order valence-corrected chi connectivity index (χ4v) is 3.51. The highest BCUT2D eigenvalue weighted by Gasteiger charge is 2.26. The Balaban J connectivity index is 2.04. The molecular weight excluding hydrogens is 262 g/mol. The molecule has 1 aromatic rings. The van der Waals surface area contributed by atoms with Gasteiger partial charge in [0.25, 0.3) is 0 Å². The summed E-state index contributed by atoms with van der Waals surface area (Å²) < 4.78 is 10.3. The number of hydrogen-bond donors (Lipinski definition) is 0. The largest absolute Gasteiger partial charge is 0.463 e. The lowest BCUT2D eigenvalue weighted by molar-refractivity contribution is 0.0559. The number of nitrogens with zero attached hydrogens (tertiary/aromatic N) is 1. The second-order valence-electron chi connectivity index (χ2n) is 4.77. The Morgan fingerprint density at radius 1 is 1.63 bits per heavy atom. The van der Waals surface area contributed by atoms with Crippen molar-refractivity contribution in [2.24, 2.45) is 0 Å². The zero-order valence-corrected chi connectivity index (χ0v) is 12.5. The van der Waals surface area contributed by atoms with Crippen LogP contribution in [0.25, 0.3) is 0 Å². The Hall–Kier alpha value is -0.940. The molecule has 2 unspecified atom stereocenters. The van der Waals surface area contributed by atoms with Crippen molar-refractivity contribution in [3.05, 3.63) is 23.7 Å². The van der Waals surface area contributed by atoms with E-state index in [-0.39, 0.29) is 11.8 Å². The molecule has 2 rings (SSSR count). The fraction of sp³-hybridized carbons (Fsp3) is 0.643. The Morgan fingerprint density at radius 3 is 3.11 bits per heavy atom. The summed E-state index contributed by atoms with van der Waals surface area (Å²) in [5.74, 6) is 1.86. The Kier molecular flexibility index (Phi) is 4.93. The van der Waals surface area contributed by atoms with E-state index >= 15 is 0 Å². The highest BCUT2D eigenvalue weighted by Crippen LogP contribution is 2.29. The summed E-state index contributed by atoms with van der Waals surface area (Å²) in [6.07, 6.45) is 1.19. The molecule has 1 fully saturated rings. The van der Waals surface area contributed by atoms with Crippen molar-refractivity contribution in [1.82, 2.24) is 4.90 Å². The first kappa shape index (κ1) is 14.5. The predicted molar refractivity (Wildman–Crippen MR) is 76.6 cm³/mol. The normalized spacial score (nSPS) is 22.2. The number of thioether (sulfide) groups is 1. The minimum absolute atomic E-state index is 0.202. The van der Waals surface area contributed by atoms with Gasteiger partial charge in [-0.05, 0) is 25.5 Å². The second-order valence-corrected chi connectivity index (χ2v) is 6.17. The molecule has 1 aliphatic rings. The number of esters is 1. The standard InChI is InChI=1S/C14H21NO3S/c1-4-11-9-15(7-8-19-11)10(2)12-5-6-13(18-12)14(16)17-3/h5-6,10-11H,4,7-9H2,1-3H3. The van der Waals surface area contributed by atoms with E-state index in [2.05, 4.69) is 23.5 Å². The molecule has 0 saturated carbocycles.